The molecule has 0 aliphatic heterocycles. The predicted octanol–water partition coefficient (Wildman–Crippen LogP) is 2.27. The number of unbranched alkanes of at least 4 members (excludes halogenated alkanes) is 3. The van der Waals surface area contributed by atoms with E-state index in [4.69, 9.17) is 22.1 Å². The van der Waals surface area contributed by atoms with Gasteiger partial charge in [0.25, 0.3) is 0 Å². The topological polar surface area (TPSA) is 70.1 Å². The number of rotatable bonds is 10. The molecule has 0 aromatic carbocycles. The van der Waals surface area contributed by atoms with Crippen molar-refractivity contribution in [2.24, 2.45) is 5.73 Å². The summed E-state index contributed by atoms with van der Waals surface area (Å²) in [6.45, 7) is 1.76. The maximum absolute atomic E-state index is 12.1. The number of hydrogen-bond acceptors (Lipinski definition) is 4. The fraction of sp³-hybridized carbons (Fsp3) is 0.692. The zero-order valence-electron chi connectivity index (χ0n) is 11.4. The molecule has 1 aromatic rings. The first-order valence-electron chi connectivity index (χ1n) is 6.64. The van der Waals surface area contributed by atoms with Crippen molar-refractivity contribution >= 4 is 17.4 Å². The molecule has 0 radical (unpaired) electrons. The maximum atomic E-state index is 12.1. The van der Waals surface area contributed by atoms with Crippen molar-refractivity contribution < 1.29 is 9.53 Å². The summed E-state index contributed by atoms with van der Waals surface area (Å²) in [5.41, 5.74) is 5.92. The van der Waals surface area contributed by atoms with Crippen molar-refractivity contribution in [2.75, 3.05) is 20.3 Å². The van der Waals surface area contributed by atoms with Gasteiger partial charge in [-0.1, -0.05) is 24.4 Å². The number of hydrogen-bond donors (Lipinski definition) is 1. The van der Waals surface area contributed by atoms with Gasteiger partial charge in [-0.15, -0.1) is 0 Å². The fourth-order valence-corrected chi connectivity index (χ4v) is 2.14. The Morgan fingerprint density at radius 3 is 2.84 bits per heavy atom. The monoisotopic (exact) mass is 287 g/mol. The van der Waals surface area contributed by atoms with Gasteiger partial charge >= 0.3 is 0 Å². The van der Waals surface area contributed by atoms with E-state index in [0.29, 0.717) is 36.8 Å². The molecule has 0 unspecified atom stereocenters. The SMILES string of the molecule is COCCn1ncc(Cl)c1C(=O)CCCCCCN. The third kappa shape index (κ3) is 5.30. The average Bonchev–Trinajstić information content (AvgIpc) is 2.77. The third-order valence-corrected chi connectivity index (χ3v) is 3.20. The molecule has 0 aliphatic rings. The van der Waals surface area contributed by atoms with Crippen LogP contribution in [-0.2, 0) is 11.3 Å². The Bertz CT molecular complexity index is 393. The van der Waals surface area contributed by atoms with Gasteiger partial charge in [0.2, 0.25) is 0 Å². The van der Waals surface area contributed by atoms with Crippen LogP contribution < -0.4 is 5.73 Å². The lowest BCUT2D eigenvalue weighted by molar-refractivity contribution is 0.0965. The lowest BCUT2D eigenvalue weighted by atomic mass is 10.1. The van der Waals surface area contributed by atoms with Gasteiger partial charge in [-0.3, -0.25) is 9.48 Å². The average molecular weight is 288 g/mol. The first kappa shape index (κ1) is 16.1. The molecule has 0 saturated carbocycles. The number of halogens is 1. The van der Waals surface area contributed by atoms with E-state index in [1.54, 1.807) is 11.8 Å². The Labute approximate surface area is 119 Å². The summed E-state index contributed by atoms with van der Waals surface area (Å²) in [5, 5.41) is 4.52. The van der Waals surface area contributed by atoms with Gasteiger partial charge in [-0.2, -0.15) is 5.10 Å². The van der Waals surface area contributed by atoms with Crippen LogP contribution in [0, 0.1) is 0 Å². The second kappa shape index (κ2) is 9.07. The predicted molar refractivity (Wildman–Crippen MR) is 75.6 cm³/mol. The van der Waals surface area contributed by atoms with Crippen LogP contribution in [0.1, 0.15) is 42.6 Å². The van der Waals surface area contributed by atoms with Crippen LogP contribution in [-0.4, -0.2) is 35.8 Å². The van der Waals surface area contributed by atoms with Crippen molar-refractivity contribution in [1.29, 1.82) is 0 Å². The summed E-state index contributed by atoms with van der Waals surface area (Å²) in [5.74, 6) is 0.0475. The van der Waals surface area contributed by atoms with Crippen molar-refractivity contribution in [3.05, 3.63) is 16.9 Å². The standard InChI is InChI=1S/C13H22ClN3O2/c1-19-9-8-17-13(11(14)10-16-17)12(18)6-4-2-3-5-7-15/h10H,2-9,15H2,1H3. The van der Waals surface area contributed by atoms with Gasteiger partial charge in [-0.25, -0.2) is 0 Å². The molecule has 0 bridgehead atoms. The molecule has 19 heavy (non-hydrogen) atoms. The summed E-state index contributed by atoms with van der Waals surface area (Å²) in [6, 6.07) is 0. The van der Waals surface area contributed by atoms with E-state index in [9.17, 15) is 4.79 Å². The lowest BCUT2D eigenvalue weighted by Gasteiger charge is -2.06. The van der Waals surface area contributed by atoms with Crippen LogP contribution in [0.5, 0.6) is 0 Å². The van der Waals surface area contributed by atoms with Crippen LogP contribution in [0.25, 0.3) is 0 Å². The van der Waals surface area contributed by atoms with Gasteiger partial charge in [-0.05, 0) is 19.4 Å². The van der Waals surface area contributed by atoms with Crippen molar-refractivity contribution in [2.45, 2.75) is 38.6 Å². The lowest BCUT2D eigenvalue weighted by Crippen LogP contribution is -2.14. The molecule has 2 N–H and O–H groups in total. The number of ketones is 1. The number of carbonyl (C=O) groups excluding carboxylic acids is 1. The minimum Gasteiger partial charge on any atom is -0.383 e. The summed E-state index contributed by atoms with van der Waals surface area (Å²) in [4.78, 5) is 12.1. The highest BCUT2D eigenvalue weighted by Crippen LogP contribution is 2.18. The Morgan fingerprint density at radius 2 is 2.16 bits per heavy atom. The fourth-order valence-electron chi connectivity index (χ4n) is 1.89. The summed E-state index contributed by atoms with van der Waals surface area (Å²) >= 11 is 6.02. The number of nitrogens with zero attached hydrogens (tertiary/aromatic N) is 2. The van der Waals surface area contributed by atoms with E-state index in [1.807, 2.05) is 0 Å². The van der Waals surface area contributed by atoms with E-state index in [2.05, 4.69) is 5.10 Å². The molecule has 1 rings (SSSR count). The van der Waals surface area contributed by atoms with Crippen LogP contribution in [0.3, 0.4) is 0 Å². The van der Waals surface area contributed by atoms with Crippen molar-refractivity contribution in [1.82, 2.24) is 9.78 Å². The zero-order valence-corrected chi connectivity index (χ0v) is 12.2. The number of Topliss-reactive ketones (excluding diaryl/α,β-unsaturated/α-hetero) is 1. The smallest absolute Gasteiger partial charge is 0.182 e. The molecular weight excluding hydrogens is 266 g/mol. The number of aromatic nitrogens is 2. The Balaban J connectivity index is 2.48. The molecule has 108 valence electrons. The van der Waals surface area contributed by atoms with Gasteiger partial charge in [0.15, 0.2) is 5.78 Å². The molecule has 0 fully saturated rings. The number of methoxy groups -OCH3 is 1. The van der Waals surface area contributed by atoms with Gasteiger partial charge in [0.1, 0.15) is 5.69 Å². The molecule has 0 atom stereocenters. The van der Waals surface area contributed by atoms with E-state index in [0.717, 1.165) is 25.7 Å². The third-order valence-electron chi connectivity index (χ3n) is 2.92. The van der Waals surface area contributed by atoms with E-state index >= 15 is 0 Å². The Morgan fingerprint density at radius 1 is 1.42 bits per heavy atom. The Kier molecular flexibility index (Phi) is 7.70. The highest BCUT2D eigenvalue weighted by atomic mass is 35.5. The first-order chi connectivity index (χ1) is 9.20. The number of ether oxygens (including phenoxy) is 1. The van der Waals surface area contributed by atoms with Crippen LogP contribution in [0.4, 0.5) is 0 Å². The van der Waals surface area contributed by atoms with Crippen molar-refractivity contribution in [3.8, 4) is 0 Å². The van der Waals surface area contributed by atoms with E-state index < -0.39 is 0 Å². The van der Waals surface area contributed by atoms with Gasteiger partial charge < -0.3 is 10.5 Å². The molecule has 0 amide bonds. The second-order valence-electron chi connectivity index (χ2n) is 4.43. The number of nitrogens with two attached hydrogens (primary N) is 1. The highest BCUT2D eigenvalue weighted by molar-refractivity contribution is 6.33. The summed E-state index contributed by atoms with van der Waals surface area (Å²) in [6.07, 6.45) is 5.99. The number of carbonyl (C=O) groups is 1. The molecule has 6 heteroatoms. The van der Waals surface area contributed by atoms with Crippen LogP contribution in [0.15, 0.2) is 6.20 Å². The van der Waals surface area contributed by atoms with Crippen LogP contribution >= 0.6 is 11.6 Å². The molecule has 1 heterocycles. The first-order valence-corrected chi connectivity index (χ1v) is 7.02. The molecule has 0 aliphatic carbocycles. The van der Waals surface area contributed by atoms with E-state index in [1.165, 1.54) is 6.20 Å². The van der Waals surface area contributed by atoms with Crippen molar-refractivity contribution in [3.63, 3.8) is 0 Å². The molecule has 0 saturated heterocycles. The minimum atomic E-state index is 0.0475. The van der Waals surface area contributed by atoms with E-state index in [-0.39, 0.29) is 5.78 Å². The molecule has 0 spiro atoms. The highest BCUT2D eigenvalue weighted by Gasteiger charge is 2.16. The van der Waals surface area contributed by atoms with Gasteiger partial charge in [0, 0.05) is 13.5 Å². The Hall–Kier alpha value is -0.910. The summed E-state index contributed by atoms with van der Waals surface area (Å²) < 4.78 is 6.61. The second-order valence-corrected chi connectivity index (χ2v) is 4.84. The summed E-state index contributed by atoms with van der Waals surface area (Å²) in [7, 11) is 1.62. The zero-order chi connectivity index (χ0) is 14.1. The largest absolute Gasteiger partial charge is 0.383 e. The molecular formula is C13H22ClN3O2. The van der Waals surface area contributed by atoms with Crippen LogP contribution in [0.2, 0.25) is 5.02 Å². The molecule has 5 nitrogen and oxygen atoms in total. The maximum Gasteiger partial charge on any atom is 0.182 e. The normalized spacial score (nSPS) is 10.9. The quantitative estimate of drug-likeness (QED) is 0.529. The van der Waals surface area contributed by atoms with Gasteiger partial charge in [0.05, 0.1) is 24.4 Å². The minimum absolute atomic E-state index is 0.0475. The molecule has 1 aromatic heterocycles.